The zero-order chi connectivity index (χ0) is 15.2. The van der Waals surface area contributed by atoms with E-state index in [0.717, 1.165) is 19.4 Å². The van der Waals surface area contributed by atoms with Crippen LogP contribution in [-0.2, 0) is 4.79 Å². The van der Waals surface area contributed by atoms with Crippen molar-refractivity contribution >= 4 is 11.9 Å². The van der Waals surface area contributed by atoms with E-state index in [2.05, 4.69) is 5.32 Å². The van der Waals surface area contributed by atoms with Crippen molar-refractivity contribution in [2.75, 3.05) is 26.7 Å². The average Bonchev–Trinajstić information content (AvgIpc) is 2.53. The highest BCUT2D eigenvalue weighted by Gasteiger charge is 2.35. The lowest BCUT2D eigenvalue weighted by Crippen LogP contribution is -2.53. The minimum Gasteiger partial charge on any atom is -0.346 e. The van der Waals surface area contributed by atoms with Gasteiger partial charge >= 0.3 is 6.03 Å². The van der Waals surface area contributed by atoms with E-state index in [0.29, 0.717) is 31.5 Å². The summed E-state index contributed by atoms with van der Waals surface area (Å²) in [5.74, 6) is 0.790. The first-order valence-electron chi connectivity index (χ1n) is 8.42. The quantitative estimate of drug-likeness (QED) is 0.864. The zero-order valence-corrected chi connectivity index (χ0v) is 13.4. The standard InChI is InChI=1S/C16H29N3O2/c1-3-18(2)15(20)10-11-17-16(21)19-12-6-8-13-7-4-5-9-14(13)19/h13-14H,3-12H2,1-2H3,(H,17,21). The molecule has 0 aromatic heterocycles. The highest BCUT2D eigenvalue weighted by atomic mass is 16.2. The molecule has 2 rings (SSSR count). The van der Waals surface area contributed by atoms with Gasteiger partial charge in [-0.15, -0.1) is 0 Å². The second-order valence-electron chi connectivity index (χ2n) is 6.34. The van der Waals surface area contributed by atoms with Gasteiger partial charge in [-0.2, -0.15) is 0 Å². The summed E-state index contributed by atoms with van der Waals surface area (Å²) in [5, 5.41) is 2.93. The van der Waals surface area contributed by atoms with Gasteiger partial charge in [-0.1, -0.05) is 12.8 Å². The molecule has 0 aromatic rings. The van der Waals surface area contributed by atoms with Crippen LogP contribution in [0.2, 0.25) is 0 Å². The Bertz CT molecular complexity index is 371. The van der Waals surface area contributed by atoms with Gasteiger partial charge in [-0.05, 0) is 38.5 Å². The summed E-state index contributed by atoms with van der Waals surface area (Å²) in [6.45, 7) is 3.97. The average molecular weight is 295 g/mol. The molecular formula is C16H29N3O2. The molecule has 21 heavy (non-hydrogen) atoms. The van der Waals surface area contributed by atoms with Crippen molar-refractivity contribution in [2.45, 2.75) is 57.9 Å². The van der Waals surface area contributed by atoms with E-state index < -0.39 is 0 Å². The van der Waals surface area contributed by atoms with Gasteiger partial charge < -0.3 is 15.1 Å². The van der Waals surface area contributed by atoms with Gasteiger partial charge in [0.15, 0.2) is 0 Å². The number of rotatable bonds is 4. The van der Waals surface area contributed by atoms with Crippen molar-refractivity contribution in [3.63, 3.8) is 0 Å². The van der Waals surface area contributed by atoms with Crippen LogP contribution in [0, 0.1) is 5.92 Å². The van der Waals surface area contributed by atoms with Gasteiger partial charge in [0.1, 0.15) is 0 Å². The van der Waals surface area contributed by atoms with Crippen LogP contribution in [0.15, 0.2) is 0 Å². The number of nitrogens with one attached hydrogen (secondary N) is 1. The Hall–Kier alpha value is -1.26. The maximum Gasteiger partial charge on any atom is 0.317 e. The van der Waals surface area contributed by atoms with E-state index in [-0.39, 0.29) is 11.9 Å². The number of piperidine rings is 1. The van der Waals surface area contributed by atoms with E-state index in [1.54, 1.807) is 11.9 Å². The molecular weight excluding hydrogens is 266 g/mol. The van der Waals surface area contributed by atoms with Crippen LogP contribution in [0.4, 0.5) is 4.79 Å². The van der Waals surface area contributed by atoms with Gasteiger partial charge in [-0.25, -0.2) is 4.79 Å². The summed E-state index contributed by atoms with van der Waals surface area (Å²) < 4.78 is 0. The fourth-order valence-corrected chi connectivity index (χ4v) is 3.62. The minimum absolute atomic E-state index is 0.0264. The molecule has 3 amide bonds. The topological polar surface area (TPSA) is 52.7 Å². The molecule has 1 aliphatic heterocycles. The van der Waals surface area contributed by atoms with Gasteiger partial charge in [-0.3, -0.25) is 4.79 Å². The number of amides is 3. The molecule has 2 unspecified atom stereocenters. The molecule has 1 saturated heterocycles. The van der Waals surface area contributed by atoms with Gasteiger partial charge in [0, 0.05) is 39.1 Å². The summed E-state index contributed by atoms with van der Waals surface area (Å²) in [6.07, 6.45) is 7.75. The van der Waals surface area contributed by atoms with Crippen LogP contribution in [0.3, 0.4) is 0 Å². The summed E-state index contributed by atoms with van der Waals surface area (Å²) >= 11 is 0. The van der Waals surface area contributed by atoms with Crippen molar-refractivity contribution < 1.29 is 9.59 Å². The van der Waals surface area contributed by atoms with Crippen LogP contribution < -0.4 is 5.32 Å². The van der Waals surface area contributed by atoms with E-state index in [9.17, 15) is 9.59 Å². The molecule has 120 valence electrons. The van der Waals surface area contributed by atoms with E-state index in [1.807, 2.05) is 11.8 Å². The molecule has 0 aromatic carbocycles. The monoisotopic (exact) mass is 295 g/mol. The molecule has 1 N–H and O–H groups in total. The predicted molar refractivity (Wildman–Crippen MR) is 83.0 cm³/mol. The minimum atomic E-state index is 0.0264. The van der Waals surface area contributed by atoms with Crippen molar-refractivity contribution in [1.82, 2.24) is 15.1 Å². The second kappa shape index (κ2) is 7.66. The highest BCUT2D eigenvalue weighted by molar-refractivity contribution is 5.78. The van der Waals surface area contributed by atoms with Crippen molar-refractivity contribution in [2.24, 2.45) is 5.92 Å². The van der Waals surface area contributed by atoms with E-state index in [1.165, 1.54) is 25.7 Å². The van der Waals surface area contributed by atoms with Crippen LogP contribution in [0.1, 0.15) is 51.9 Å². The fourth-order valence-electron chi connectivity index (χ4n) is 3.62. The molecule has 1 heterocycles. The molecule has 5 nitrogen and oxygen atoms in total. The number of carbonyl (C=O) groups is 2. The van der Waals surface area contributed by atoms with E-state index >= 15 is 0 Å². The predicted octanol–water partition coefficient (Wildman–Crippen LogP) is 2.22. The number of hydrogen-bond acceptors (Lipinski definition) is 2. The molecule has 0 bridgehead atoms. The molecule has 5 heteroatoms. The van der Waals surface area contributed by atoms with Crippen molar-refractivity contribution in [1.29, 1.82) is 0 Å². The Kier molecular flexibility index (Phi) is 5.88. The third-order valence-electron chi connectivity index (χ3n) is 5.02. The summed E-state index contributed by atoms with van der Waals surface area (Å²) in [4.78, 5) is 27.8. The Labute approximate surface area is 128 Å². The largest absolute Gasteiger partial charge is 0.346 e. The lowest BCUT2D eigenvalue weighted by atomic mass is 9.78. The molecule has 0 spiro atoms. The SMILES string of the molecule is CCN(C)C(=O)CCNC(=O)N1CCCC2CCCCC21. The molecule has 1 aliphatic carbocycles. The molecule has 2 aliphatic rings. The Morgan fingerprint density at radius 1 is 1.19 bits per heavy atom. The Morgan fingerprint density at radius 2 is 1.90 bits per heavy atom. The zero-order valence-electron chi connectivity index (χ0n) is 13.4. The van der Waals surface area contributed by atoms with Crippen LogP contribution in [0.5, 0.6) is 0 Å². The summed E-state index contributed by atoms with van der Waals surface area (Å²) in [5.41, 5.74) is 0. The smallest absolute Gasteiger partial charge is 0.317 e. The van der Waals surface area contributed by atoms with Gasteiger partial charge in [0.05, 0.1) is 0 Å². The number of likely N-dealkylation sites (tertiary alicyclic amines) is 1. The third-order valence-corrected chi connectivity index (χ3v) is 5.02. The van der Waals surface area contributed by atoms with Gasteiger partial charge in [0.2, 0.25) is 5.91 Å². The van der Waals surface area contributed by atoms with Crippen LogP contribution in [0.25, 0.3) is 0 Å². The van der Waals surface area contributed by atoms with Crippen LogP contribution >= 0.6 is 0 Å². The number of urea groups is 1. The maximum atomic E-state index is 12.4. The van der Waals surface area contributed by atoms with Crippen LogP contribution in [-0.4, -0.2) is 54.5 Å². The van der Waals surface area contributed by atoms with E-state index in [4.69, 9.17) is 0 Å². The molecule has 2 atom stereocenters. The first kappa shape index (κ1) is 16.1. The summed E-state index contributed by atoms with van der Waals surface area (Å²) in [7, 11) is 1.79. The second-order valence-corrected chi connectivity index (χ2v) is 6.34. The fraction of sp³-hybridized carbons (Fsp3) is 0.875. The number of fused-ring (bicyclic) bond motifs is 1. The number of hydrogen-bond donors (Lipinski definition) is 1. The van der Waals surface area contributed by atoms with Crippen molar-refractivity contribution in [3.05, 3.63) is 0 Å². The number of carbonyl (C=O) groups excluding carboxylic acids is 2. The summed E-state index contributed by atoms with van der Waals surface area (Å²) in [6, 6.07) is 0.458. The lowest BCUT2D eigenvalue weighted by molar-refractivity contribution is -0.129. The first-order chi connectivity index (χ1) is 10.1. The van der Waals surface area contributed by atoms with Crippen molar-refractivity contribution in [3.8, 4) is 0 Å². The highest BCUT2D eigenvalue weighted by Crippen LogP contribution is 2.35. The normalized spacial score (nSPS) is 25.1. The lowest BCUT2D eigenvalue weighted by Gasteiger charge is -2.44. The Morgan fingerprint density at radius 3 is 2.67 bits per heavy atom. The number of nitrogens with zero attached hydrogens (tertiary/aromatic N) is 2. The maximum absolute atomic E-state index is 12.4. The first-order valence-corrected chi connectivity index (χ1v) is 8.42. The van der Waals surface area contributed by atoms with Gasteiger partial charge in [0.25, 0.3) is 0 Å². The Balaban J connectivity index is 1.78. The molecule has 1 saturated carbocycles. The molecule has 0 radical (unpaired) electrons. The molecule has 2 fully saturated rings. The third kappa shape index (κ3) is 4.11.